The molecule has 2 aromatic carbocycles. The van der Waals surface area contributed by atoms with Crippen molar-refractivity contribution in [1.82, 2.24) is 10.6 Å². The Morgan fingerprint density at radius 3 is 2.56 bits per heavy atom. The monoisotopic (exact) mass is 459 g/mol. The molecule has 2 heterocycles. The molecule has 0 radical (unpaired) electrons. The maximum absolute atomic E-state index is 13.5. The highest BCUT2D eigenvalue weighted by Crippen LogP contribution is 2.41. The number of piperidine rings is 1. The van der Waals surface area contributed by atoms with E-state index in [-0.39, 0.29) is 11.8 Å². The van der Waals surface area contributed by atoms with Crippen molar-refractivity contribution in [2.45, 2.75) is 18.8 Å². The van der Waals surface area contributed by atoms with E-state index in [4.69, 9.17) is 4.42 Å². The van der Waals surface area contributed by atoms with E-state index < -0.39 is 15.8 Å². The van der Waals surface area contributed by atoms with Crippen LogP contribution in [-0.2, 0) is 10.0 Å². The molecule has 170 valence electrons. The zero-order valence-electron chi connectivity index (χ0n) is 18.2. The third-order valence-corrected chi connectivity index (χ3v) is 7.16. The van der Waals surface area contributed by atoms with Crippen LogP contribution in [0.25, 0.3) is 22.3 Å². The summed E-state index contributed by atoms with van der Waals surface area (Å²) in [4.78, 5) is 12.9. The Labute approximate surface area is 186 Å². The molecule has 1 aliphatic rings. The summed E-state index contributed by atoms with van der Waals surface area (Å²) in [6.07, 6.45) is 3.03. The van der Waals surface area contributed by atoms with Crippen LogP contribution in [0, 0.1) is 5.82 Å². The van der Waals surface area contributed by atoms with Crippen molar-refractivity contribution in [2.75, 3.05) is 37.7 Å². The van der Waals surface area contributed by atoms with Crippen molar-refractivity contribution < 1.29 is 22.0 Å². The van der Waals surface area contributed by atoms with Gasteiger partial charge in [-0.25, -0.2) is 12.8 Å². The SMILES string of the molecule is CNC(=O)c1c(-c2ccc(F)cc2)oc2cc(N(C)S(C)(=O)=O)c([C@H]3CCCNC3)cc12. The Morgan fingerprint density at radius 1 is 1.25 bits per heavy atom. The minimum absolute atomic E-state index is 0.0917. The van der Waals surface area contributed by atoms with E-state index in [1.165, 1.54) is 30.5 Å². The van der Waals surface area contributed by atoms with Gasteiger partial charge in [0.15, 0.2) is 0 Å². The fraction of sp³-hybridized carbons (Fsp3) is 0.348. The van der Waals surface area contributed by atoms with Crippen molar-refractivity contribution in [2.24, 2.45) is 0 Å². The van der Waals surface area contributed by atoms with Crippen LogP contribution in [0.5, 0.6) is 0 Å². The predicted octanol–water partition coefficient (Wildman–Crippen LogP) is 3.46. The highest BCUT2D eigenvalue weighted by molar-refractivity contribution is 7.92. The summed E-state index contributed by atoms with van der Waals surface area (Å²) in [6, 6.07) is 9.26. The summed E-state index contributed by atoms with van der Waals surface area (Å²) < 4.78 is 45.5. The van der Waals surface area contributed by atoms with Gasteiger partial charge in [-0.05, 0) is 61.2 Å². The molecule has 4 rings (SSSR count). The fourth-order valence-corrected chi connectivity index (χ4v) is 4.71. The summed E-state index contributed by atoms with van der Waals surface area (Å²) in [5.41, 5.74) is 2.65. The molecular weight excluding hydrogens is 433 g/mol. The molecular formula is C23H26FN3O4S. The van der Waals surface area contributed by atoms with Crippen LogP contribution in [0.4, 0.5) is 10.1 Å². The highest BCUT2D eigenvalue weighted by Gasteiger charge is 2.28. The zero-order chi connectivity index (χ0) is 23.0. The standard InChI is InChI=1S/C23H26FN3O4S/c1-25-23(28)21-18-11-17(15-5-4-10-26-13-15)19(27(2)32(3,29)30)12-20(18)31-22(21)14-6-8-16(24)9-7-14/h6-9,11-12,15,26H,4-5,10,13H2,1-3H3,(H,25,28)/t15-/m0/s1. The van der Waals surface area contributed by atoms with Gasteiger partial charge in [-0.1, -0.05) is 0 Å². The molecule has 32 heavy (non-hydrogen) atoms. The molecule has 0 bridgehead atoms. The van der Waals surface area contributed by atoms with Gasteiger partial charge in [0, 0.05) is 37.7 Å². The number of benzene rings is 2. The summed E-state index contributed by atoms with van der Waals surface area (Å²) in [6.45, 7) is 1.63. The average molecular weight is 460 g/mol. The number of carbonyl (C=O) groups is 1. The second-order valence-electron chi connectivity index (χ2n) is 8.07. The first kappa shape index (κ1) is 22.3. The van der Waals surface area contributed by atoms with Gasteiger partial charge >= 0.3 is 0 Å². The van der Waals surface area contributed by atoms with Crippen LogP contribution in [-0.4, -0.2) is 47.8 Å². The topological polar surface area (TPSA) is 91.7 Å². The molecule has 2 N–H and O–H groups in total. The van der Waals surface area contributed by atoms with Crippen LogP contribution in [0.15, 0.2) is 40.8 Å². The molecule has 1 aliphatic heterocycles. The first-order valence-corrected chi connectivity index (χ1v) is 12.3. The third-order valence-electron chi connectivity index (χ3n) is 5.97. The lowest BCUT2D eigenvalue weighted by Gasteiger charge is -2.28. The maximum atomic E-state index is 13.5. The summed E-state index contributed by atoms with van der Waals surface area (Å²) in [5, 5.41) is 6.61. The van der Waals surface area contributed by atoms with E-state index >= 15 is 0 Å². The molecule has 7 nitrogen and oxygen atoms in total. The second-order valence-corrected chi connectivity index (χ2v) is 10.1. The smallest absolute Gasteiger partial charge is 0.255 e. The lowest BCUT2D eigenvalue weighted by atomic mass is 9.89. The van der Waals surface area contributed by atoms with Gasteiger partial charge in [0.05, 0.1) is 17.5 Å². The third kappa shape index (κ3) is 4.10. The van der Waals surface area contributed by atoms with Crippen molar-refractivity contribution in [3.8, 4) is 11.3 Å². The normalized spacial score (nSPS) is 16.8. The molecule has 1 atom stereocenters. The molecule has 1 saturated heterocycles. The molecule has 0 spiro atoms. The number of halogens is 1. The average Bonchev–Trinajstić information content (AvgIpc) is 3.16. The van der Waals surface area contributed by atoms with Gasteiger partial charge in [-0.2, -0.15) is 0 Å². The predicted molar refractivity (Wildman–Crippen MR) is 123 cm³/mol. The van der Waals surface area contributed by atoms with Crippen LogP contribution < -0.4 is 14.9 Å². The van der Waals surface area contributed by atoms with Crippen LogP contribution in [0.2, 0.25) is 0 Å². The van der Waals surface area contributed by atoms with E-state index in [0.717, 1.165) is 31.2 Å². The quantitative estimate of drug-likeness (QED) is 0.610. The van der Waals surface area contributed by atoms with Gasteiger partial charge in [-0.3, -0.25) is 9.10 Å². The summed E-state index contributed by atoms with van der Waals surface area (Å²) in [5.74, 6) is -0.323. The number of furan rings is 1. The lowest BCUT2D eigenvalue weighted by molar-refractivity contribution is 0.0964. The number of nitrogens with zero attached hydrogens (tertiary/aromatic N) is 1. The highest BCUT2D eigenvalue weighted by atomic mass is 32.2. The van der Waals surface area contributed by atoms with Crippen molar-refractivity contribution >= 4 is 32.6 Å². The number of hydrogen-bond donors (Lipinski definition) is 2. The number of carbonyl (C=O) groups excluding carboxylic acids is 1. The minimum Gasteiger partial charge on any atom is -0.455 e. The zero-order valence-corrected chi connectivity index (χ0v) is 19.1. The molecule has 1 aromatic heterocycles. The Kier molecular flexibility index (Phi) is 5.96. The van der Waals surface area contributed by atoms with E-state index in [1.807, 2.05) is 6.07 Å². The van der Waals surface area contributed by atoms with Crippen LogP contribution in [0.1, 0.15) is 34.7 Å². The number of anilines is 1. The Morgan fingerprint density at radius 2 is 1.97 bits per heavy atom. The maximum Gasteiger partial charge on any atom is 0.255 e. The fourth-order valence-electron chi connectivity index (χ4n) is 4.20. The number of nitrogens with one attached hydrogen (secondary N) is 2. The molecule has 0 aliphatic carbocycles. The number of rotatable bonds is 5. The molecule has 1 fully saturated rings. The van der Waals surface area contributed by atoms with Gasteiger partial charge in [0.25, 0.3) is 5.91 Å². The molecule has 0 saturated carbocycles. The molecule has 1 amide bonds. The van der Waals surface area contributed by atoms with Crippen molar-refractivity contribution in [1.29, 1.82) is 0 Å². The molecule has 3 aromatic rings. The minimum atomic E-state index is -3.52. The van der Waals surface area contributed by atoms with Gasteiger partial charge in [0.1, 0.15) is 17.2 Å². The van der Waals surface area contributed by atoms with Crippen molar-refractivity contribution in [3.05, 3.63) is 53.3 Å². The Balaban J connectivity index is 2.00. The van der Waals surface area contributed by atoms with Gasteiger partial charge in [-0.15, -0.1) is 0 Å². The van der Waals surface area contributed by atoms with Crippen LogP contribution >= 0.6 is 0 Å². The molecule has 0 unspecified atom stereocenters. The number of hydrogen-bond acceptors (Lipinski definition) is 5. The number of amides is 1. The van der Waals surface area contributed by atoms with E-state index in [2.05, 4.69) is 10.6 Å². The van der Waals surface area contributed by atoms with E-state index in [9.17, 15) is 17.6 Å². The van der Waals surface area contributed by atoms with Gasteiger partial charge < -0.3 is 15.1 Å². The Bertz CT molecular complexity index is 1260. The second kappa shape index (κ2) is 8.55. The van der Waals surface area contributed by atoms with Gasteiger partial charge in [0.2, 0.25) is 10.0 Å². The van der Waals surface area contributed by atoms with Crippen molar-refractivity contribution in [3.63, 3.8) is 0 Å². The van der Waals surface area contributed by atoms with E-state index in [0.29, 0.717) is 40.1 Å². The first-order valence-electron chi connectivity index (χ1n) is 10.4. The number of sulfonamides is 1. The summed E-state index contributed by atoms with van der Waals surface area (Å²) in [7, 11) is -0.468. The lowest BCUT2D eigenvalue weighted by Crippen LogP contribution is -2.31. The molecule has 9 heteroatoms. The van der Waals surface area contributed by atoms with Crippen LogP contribution in [0.3, 0.4) is 0 Å². The number of fused-ring (bicyclic) bond motifs is 1. The first-order chi connectivity index (χ1) is 15.2. The van der Waals surface area contributed by atoms with E-state index in [1.54, 1.807) is 18.2 Å². The Hall–Kier alpha value is -2.91. The largest absolute Gasteiger partial charge is 0.455 e. The summed E-state index contributed by atoms with van der Waals surface area (Å²) >= 11 is 0.